The van der Waals surface area contributed by atoms with Gasteiger partial charge < -0.3 is 14.1 Å². The summed E-state index contributed by atoms with van der Waals surface area (Å²) in [5.74, 6) is 2.11. The number of aromatic nitrogens is 6. The molecule has 35 heavy (non-hydrogen) atoms. The third-order valence-electron chi connectivity index (χ3n) is 6.39. The SMILES string of the molecule is CCCOc1ccc(N2CCN(CCn3ncc4c3ncn3nc(-c5ccco5)nc43)CC2)cc1. The predicted molar refractivity (Wildman–Crippen MR) is 133 cm³/mol. The maximum atomic E-state index is 5.70. The molecule has 0 aliphatic carbocycles. The summed E-state index contributed by atoms with van der Waals surface area (Å²) in [5, 5.41) is 9.95. The minimum absolute atomic E-state index is 0.540. The van der Waals surface area contributed by atoms with Crippen LogP contribution in [0, 0.1) is 0 Å². The average Bonchev–Trinajstić information content (AvgIpc) is 3.66. The van der Waals surface area contributed by atoms with Crippen LogP contribution in [0.15, 0.2) is 59.6 Å². The van der Waals surface area contributed by atoms with Gasteiger partial charge in [0.2, 0.25) is 5.82 Å². The summed E-state index contributed by atoms with van der Waals surface area (Å²) in [7, 11) is 0. The molecule has 1 aliphatic heterocycles. The Kier molecular flexibility index (Phi) is 5.79. The van der Waals surface area contributed by atoms with Gasteiger partial charge in [0.15, 0.2) is 17.1 Å². The molecule has 0 radical (unpaired) electrons. The third-order valence-corrected chi connectivity index (χ3v) is 6.39. The number of hydrogen-bond acceptors (Lipinski definition) is 8. The second kappa shape index (κ2) is 9.38. The van der Waals surface area contributed by atoms with Crippen LogP contribution in [-0.2, 0) is 6.54 Å². The molecule has 5 aromatic rings. The van der Waals surface area contributed by atoms with Gasteiger partial charge in [0.05, 0.1) is 31.0 Å². The summed E-state index contributed by atoms with van der Waals surface area (Å²) >= 11 is 0. The molecular formula is C25H28N8O2. The number of nitrogens with zero attached hydrogens (tertiary/aromatic N) is 8. The third kappa shape index (κ3) is 4.32. The highest BCUT2D eigenvalue weighted by molar-refractivity contribution is 5.88. The zero-order valence-electron chi connectivity index (χ0n) is 19.7. The maximum Gasteiger partial charge on any atom is 0.217 e. The first kappa shape index (κ1) is 21.6. The molecule has 0 unspecified atom stereocenters. The van der Waals surface area contributed by atoms with E-state index in [0.29, 0.717) is 11.6 Å². The van der Waals surface area contributed by atoms with E-state index in [9.17, 15) is 0 Å². The topological polar surface area (TPSA) is 89.8 Å². The van der Waals surface area contributed by atoms with Gasteiger partial charge in [-0.3, -0.25) is 4.90 Å². The number of anilines is 1. The molecule has 1 aliphatic rings. The number of rotatable bonds is 8. The van der Waals surface area contributed by atoms with Crippen LogP contribution in [0.3, 0.4) is 0 Å². The number of hydrogen-bond donors (Lipinski definition) is 0. The zero-order valence-corrected chi connectivity index (χ0v) is 19.7. The fraction of sp³-hybridized carbons (Fsp3) is 0.360. The fourth-order valence-electron chi connectivity index (χ4n) is 4.48. The van der Waals surface area contributed by atoms with Crippen LogP contribution in [0.1, 0.15) is 13.3 Å². The Morgan fingerprint density at radius 3 is 2.63 bits per heavy atom. The van der Waals surface area contributed by atoms with Gasteiger partial charge >= 0.3 is 0 Å². The number of piperazine rings is 1. The Morgan fingerprint density at radius 2 is 1.86 bits per heavy atom. The smallest absolute Gasteiger partial charge is 0.217 e. The Hall–Kier alpha value is -3.92. The van der Waals surface area contributed by atoms with Crippen molar-refractivity contribution in [1.82, 2.24) is 34.3 Å². The van der Waals surface area contributed by atoms with Gasteiger partial charge in [-0.05, 0) is 42.8 Å². The van der Waals surface area contributed by atoms with Crippen LogP contribution in [-0.4, -0.2) is 73.6 Å². The second-order valence-corrected chi connectivity index (χ2v) is 8.70. The molecule has 10 nitrogen and oxygen atoms in total. The first-order valence-corrected chi connectivity index (χ1v) is 12.1. The van der Waals surface area contributed by atoms with E-state index in [1.807, 2.05) is 23.0 Å². The quantitative estimate of drug-likeness (QED) is 0.340. The van der Waals surface area contributed by atoms with Crippen LogP contribution in [0.2, 0.25) is 0 Å². The Labute approximate surface area is 202 Å². The summed E-state index contributed by atoms with van der Waals surface area (Å²) in [5.41, 5.74) is 2.80. The van der Waals surface area contributed by atoms with Crippen molar-refractivity contribution >= 4 is 22.4 Å². The van der Waals surface area contributed by atoms with Gasteiger partial charge in [-0.25, -0.2) is 19.2 Å². The van der Waals surface area contributed by atoms with Gasteiger partial charge in [-0.15, -0.1) is 5.10 Å². The van der Waals surface area contributed by atoms with Crippen LogP contribution in [0.25, 0.3) is 28.3 Å². The van der Waals surface area contributed by atoms with E-state index < -0.39 is 0 Å². The monoisotopic (exact) mass is 472 g/mol. The maximum absolute atomic E-state index is 5.70. The Balaban J connectivity index is 1.08. The highest BCUT2D eigenvalue weighted by Crippen LogP contribution is 2.22. The first-order chi connectivity index (χ1) is 17.3. The van der Waals surface area contributed by atoms with Crippen molar-refractivity contribution in [2.75, 3.05) is 44.2 Å². The van der Waals surface area contributed by atoms with E-state index in [2.05, 4.69) is 61.2 Å². The van der Waals surface area contributed by atoms with Crippen molar-refractivity contribution in [3.63, 3.8) is 0 Å². The fourth-order valence-corrected chi connectivity index (χ4v) is 4.48. The highest BCUT2D eigenvalue weighted by Gasteiger charge is 2.19. The molecule has 4 aromatic heterocycles. The number of benzene rings is 1. The number of furan rings is 1. The van der Waals surface area contributed by atoms with Crippen LogP contribution in [0.4, 0.5) is 5.69 Å². The molecule has 1 saturated heterocycles. The minimum Gasteiger partial charge on any atom is -0.494 e. The van der Waals surface area contributed by atoms with Crippen molar-refractivity contribution in [2.24, 2.45) is 0 Å². The molecule has 6 rings (SSSR count). The van der Waals surface area contributed by atoms with Crippen molar-refractivity contribution in [3.05, 3.63) is 55.2 Å². The zero-order chi connectivity index (χ0) is 23.6. The standard InChI is InChI=1S/C25H28N8O2/c1-2-15-34-20-7-5-19(6-8-20)31-12-9-30(10-13-31)11-14-32-24-21(17-27-32)25-28-23(22-4-3-16-35-22)29-33(25)18-26-24/h3-8,16-18H,2,9-15H2,1H3. The number of fused-ring (bicyclic) bond motifs is 3. The van der Waals surface area contributed by atoms with Crippen molar-refractivity contribution < 1.29 is 9.15 Å². The van der Waals surface area contributed by atoms with E-state index in [4.69, 9.17) is 9.15 Å². The summed E-state index contributed by atoms with van der Waals surface area (Å²) in [6.07, 6.45) is 6.15. The molecule has 0 atom stereocenters. The first-order valence-electron chi connectivity index (χ1n) is 12.1. The second-order valence-electron chi connectivity index (χ2n) is 8.70. The Bertz CT molecular complexity index is 1400. The van der Waals surface area contributed by atoms with Gasteiger partial charge in [-0.2, -0.15) is 5.10 Å². The largest absolute Gasteiger partial charge is 0.494 e. The van der Waals surface area contributed by atoms with E-state index >= 15 is 0 Å². The van der Waals surface area contributed by atoms with Gasteiger partial charge in [0.1, 0.15) is 12.1 Å². The summed E-state index contributed by atoms with van der Waals surface area (Å²) in [6.45, 7) is 8.61. The lowest BCUT2D eigenvalue weighted by Gasteiger charge is -2.36. The lowest BCUT2D eigenvalue weighted by atomic mass is 10.2. The molecule has 5 heterocycles. The van der Waals surface area contributed by atoms with E-state index in [0.717, 1.165) is 74.7 Å². The molecule has 10 heteroatoms. The minimum atomic E-state index is 0.540. The molecule has 0 spiro atoms. The molecule has 0 amide bonds. The summed E-state index contributed by atoms with van der Waals surface area (Å²) < 4.78 is 14.8. The van der Waals surface area contributed by atoms with E-state index in [-0.39, 0.29) is 0 Å². The molecule has 0 saturated carbocycles. The van der Waals surface area contributed by atoms with Gasteiger partial charge in [0.25, 0.3) is 0 Å². The van der Waals surface area contributed by atoms with Crippen molar-refractivity contribution in [1.29, 1.82) is 0 Å². The highest BCUT2D eigenvalue weighted by atomic mass is 16.5. The van der Waals surface area contributed by atoms with Crippen LogP contribution < -0.4 is 9.64 Å². The van der Waals surface area contributed by atoms with Gasteiger partial charge in [0, 0.05) is 38.4 Å². The normalized spacial score (nSPS) is 14.8. The van der Waals surface area contributed by atoms with Gasteiger partial charge in [-0.1, -0.05) is 6.92 Å². The van der Waals surface area contributed by atoms with Crippen molar-refractivity contribution in [3.8, 4) is 17.3 Å². The lowest BCUT2D eigenvalue weighted by Crippen LogP contribution is -2.47. The average molecular weight is 473 g/mol. The molecule has 0 bridgehead atoms. The molecular weight excluding hydrogens is 444 g/mol. The Morgan fingerprint density at radius 1 is 1.00 bits per heavy atom. The van der Waals surface area contributed by atoms with E-state index in [1.54, 1.807) is 17.1 Å². The summed E-state index contributed by atoms with van der Waals surface area (Å²) in [6, 6.07) is 12.1. The molecule has 0 N–H and O–H groups in total. The summed E-state index contributed by atoms with van der Waals surface area (Å²) in [4.78, 5) is 14.2. The number of ether oxygens (including phenoxy) is 1. The predicted octanol–water partition coefficient (Wildman–Crippen LogP) is 3.35. The molecule has 180 valence electrons. The van der Waals surface area contributed by atoms with Crippen molar-refractivity contribution in [2.45, 2.75) is 19.9 Å². The molecule has 1 fully saturated rings. The van der Waals surface area contributed by atoms with Crippen LogP contribution in [0.5, 0.6) is 5.75 Å². The van der Waals surface area contributed by atoms with E-state index in [1.165, 1.54) is 5.69 Å². The van der Waals surface area contributed by atoms with Crippen LogP contribution >= 0.6 is 0 Å². The molecule has 1 aromatic carbocycles. The lowest BCUT2D eigenvalue weighted by molar-refractivity contribution is 0.245.